The Morgan fingerprint density at radius 1 is 1.37 bits per heavy atom. The molecule has 0 aliphatic heterocycles. The average Bonchev–Trinajstić information content (AvgIpc) is 2.87. The molecule has 3 rings (SSSR count). The number of imidazole rings is 1. The quantitative estimate of drug-likeness (QED) is 0.766. The molecule has 0 bridgehead atoms. The fourth-order valence-electron chi connectivity index (χ4n) is 1.69. The van der Waals surface area contributed by atoms with Crippen molar-refractivity contribution in [2.24, 2.45) is 0 Å². The molecule has 19 heavy (non-hydrogen) atoms. The first kappa shape index (κ1) is 12.1. The van der Waals surface area contributed by atoms with Crippen LogP contribution in [-0.2, 0) is 9.84 Å². The molecule has 7 nitrogen and oxygen atoms in total. The average molecular weight is 298 g/mol. The van der Waals surface area contributed by atoms with E-state index < -0.39 is 9.84 Å². The molecule has 0 unspecified atom stereocenters. The number of aromatic amines is 1. The van der Waals surface area contributed by atoms with E-state index in [1.807, 2.05) is 0 Å². The standard InChI is InChI=1S/C10H8ClN5O2S/c1-19(17,18)6-2-3-7(8(11)4-6)9-5-16-10(12-9)13-14-15-16/h2-5H,1H3,(H,12,13,15). The first-order valence-corrected chi connectivity index (χ1v) is 7.48. The maximum Gasteiger partial charge on any atom is 0.272 e. The molecule has 3 aromatic rings. The van der Waals surface area contributed by atoms with E-state index in [0.29, 0.717) is 22.1 Å². The Morgan fingerprint density at radius 3 is 2.79 bits per heavy atom. The van der Waals surface area contributed by atoms with Crippen LogP contribution < -0.4 is 0 Å². The lowest BCUT2D eigenvalue weighted by molar-refractivity contribution is 0.602. The number of H-pyrrole nitrogens is 1. The highest BCUT2D eigenvalue weighted by atomic mass is 35.5. The largest absolute Gasteiger partial charge is 0.272 e. The number of hydrogen-bond acceptors (Lipinski definition) is 5. The van der Waals surface area contributed by atoms with E-state index in [0.717, 1.165) is 6.26 Å². The summed E-state index contributed by atoms with van der Waals surface area (Å²) in [6, 6.07) is 4.52. The first-order chi connectivity index (χ1) is 8.95. The van der Waals surface area contributed by atoms with E-state index in [1.54, 1.807) is 12.3 Å². The van der Waals surface area contributed by atoms with Crippen molar-refractivity contribution in [2.45, 2.75) is 4.90 Å². The highest BCUT2D eigenvalue weighted by molar-refractivity contribution is 7.90. The van der Waals surface area contributed by atoms with Gasteiger partial charge >= 0.3 is 0 Å². The molecule has 0 aliphatic rings. The van der Waals surface area contributed by atoms with Crippen molar-refractivity contribution in [3.05, 3.63) is 29.4 Å². The molecule has 2 heterocycles. The van der Waals surface area contributed by atoms with E-state index in [1.165, 1.54) is 16.6 Å². The predicted octanol–water partition coefficient (Wildman–Crippen LogP) is 1.18. The van der Waals surface area contributed by atoms with Gasteiger partial charge in [0, 0.05) is 11.8 Å². The van der Waals surface area contributed by atoms with Crippen LogP contribution in [0.3, 0.4) is 0 Å². The number of aromatic nitrogens is 5. The summed E-state index contributed by atoms with van der Waals surface area (Å²) >= 11 is 6.10. The topological polar surface area (TPSA) is 93.0 Å². The number of nitrogens with zero attached hydrogens (tertiary/aromatic N) is 4. The molecular formula is C10H8ClN5O2S. The van der Waals surface area contributed by atoms with Crippen LogP contribution in [0.25, 0.3) is 17.0 Å². The van der Waals surface area contributed by atoms with Gasteiger partial charge in [0.25, 0.3) is 5.78 Å². The van der Waals surface area contributed by atoms with E-state index >= 15 is 0 Å². The highest BCUT2D eigenvalue weighted by Crippen LogP contribution is 2.29. The van der Waals surface area contributed by atoms with Crippen LogP contribution in [0.4, 0.5) is 0 Å². The van der Waals surface area contributed by atoms with Crippen molar-refractivity contribution in [3.8, 4) is 11.3 Å². The Kier molecular flexibility index (Phi) is 2.58. The van der Waals surface area contributed by atoms with Gasteiger partial charge in [-0.05, 0) is 23.4 Å². The zero-order valence-corrected chi connectivity index (χ0v) is 11.3. The van der Waals surface area contributed by atoms with Crippen LogP contribution in [0.1, 0.15) is 0 Å². The molecule has 98 valence electrons. The molecule has 9 heteroatoms. The monoisotopic (exact) mass is 297 g/mol. The number of nitrogens with one attached hydrogen (secondary N) is 1. The van der Waals surface area contributed by atoms with Crippen molar-refractivity contribution < 1.29 is 8.42 Å². The van der Waals surface area contributed by atoms with Gasteiger partial charge in [-0.3, -0.25) is 0 Å². The van der Waals surface area contributed by atoms with Crippen LogP contribution in [0.5, 0.6) is 0 Å². The minimum atomic E-state index is -3.28. The van der Waals surface area contributed by atoms with Gasteiger partial charge < -0.3 is 0 Å². The van der Waals surface area contributed by atoms with Crippen molar-refractivity contribution in [2.75, 3.05) is 6.26 Å². The number of fused-ring (bicyclic) bond motifs is 1. The van der Waals surface area contributed by atoms with Gasteiger partial charge in [0.2, 0.25) is 0 Å². The summed E-state index contributed by atoms with van der Waals surface area (Å²) < 4.78 is 24.4. The fourth-order valence-corrected chi connectivity index (χ4v) is 2.68. The van der Waals surface area contributed by atoms with Crippen LogP contribution >= 0.6 is 11.6 Å². The number of benzene rings is 1. The number of halogens is 1. The molecule has 1 N–H and O–H groups in total. The molecular weight excluding hydrogens is 290 g/mol. The lowest BCUT2D eigenvalue weighted by Gasteiger charge is -2.03. The summed E-state index contributed by atoms with van der Waals surface area (Å²) in [6.45, 7) is 0. The van der Waals surface area contributed by atoms with Crippen molar-refractivity contribution in [3.63, 3.8) is 0 Å². The SMILES string of the molecule is CS(=O)(=O)c1ccc(-c2cn3[nH]nnc3n2)c(Cl)c1. The molecule has 0 amide bonds. The molecule has 0 spiro atoms. The number of tetrazole rings is 1. The summed E-state index contributed by atoms with van der Waals surface area (Å²) in [4.78, 5) is 4.39. The second-order valence-corrected chi connectivity index (χ2v) is 6.43. The minimum absolute atomic E-state index is 0.172. The Labute approximate surface area is 113 Å². The summed E-state index contributed by atoms with van der Waals surface area (Å²) in [6.07, 6.45) is 2.81. The maximum absolute atomic E-state index is 11.4. The molecule has 0 saturated heterocycles. The smallest absolute Gasteiger partial charge is 0.224 e. The molecule has 0 fully saturated rings. The molecule has 2 aromatic heterocycles. The predicted molar refractivity (Wildman–Crippen MR) is 68.7 cm³/mol. The molecule has 0 saturated carbocycles. The van der Waals surface area contributed by atoms with Gasteiger partial charge in [-0.25, -0.2) is 17.9 Å². The first-order valence-electron chi connectivity index (χ1n) is 5.21. The van der Waals surface area contributed by atoms with Gasteiger partial charge in [-0.1, -0.05) is 16.7 Å². The van der Waals surface area contributed by atoms with Gasteiger partial charge in [0.15, 0.2) is 9.84 Å². The molecule has 1 aromatic carbocycles. The maximum atomic E-state index is 11.4. The minimum Gasteiger partial charge on any atom is -0.224 e. The van der Waals surface area contributed by atoms with Gasteiger partial charge in [0.05, 0.1) is 21.8 Å². The van der Waals surface area contributed by atoms with Crippen molar-refractivity contribution in [1.82, 2.24) is 25.0 Å². The van der Waals surface area contributed by atoms with Crippen molar-refractivity contribution in [1.29, 1.82) is 0 Å². The molecule has 0 aliphatic carbocycles. The van der Waals surface area contributed by atoms with Crippen LogP contribution in [0.2, 0.25) is 5.02 Å². The summed E-state index contributed by atoms with van der Waals surface area (Å²) in [5.41, 5.74) is 1.22. The Bertz CT molecular complexity index is 839. The van der Waals surface area contributed by atoms with E-state index in [4.69, 9.17) is 11.6 Å². The third-order valence-electron chi connectivity index (χ3n) is 2.62. The van der Waals surface area contributed by atoms with Crippen LogP contribution in [-0.4, -0.2) is 39.7 Å². The van der Waals surface area contributed by atoms with E-state index in [2.05, 4.69) is 20.5 Å². The normalized spacial score (nSPS) is 12.1. The van der Waals surface area contributed by atoms with E-state index in [9.17, 15) is 8.42 Å². The van der Waals surface area contributed by atoms with Crippen LogP contribution in [0, 0.1) is 0 Å². The third kappa shape index (κ3) is 2.08. The number of sulfone groups is 1. The summed E-state index contributed by atoms with van der Waals surface area (Å²) in [5.74, 6) is 0.415. The van der Waals surface area contributed by atoms with E-state index in [-0.39, 0.29) is 4.90 Å². The van der Waals surface area contributed by atoms with Crippen LogP contribution in [0.15, 0.2) is 29.3 Å². The Balaban J connectivity index is 2.13. The molecule has 0 atom stereocenters. The Morgan fingerprint density at radius 2 is 2.16 bits per heavy atom. The fraction of sp³-hybridized carbons (Fsp3) is 0.100. The lowest BCUT2D eigenvalue weighted by atomic mass is 10.2. The summed E-state index contributed by atoms with van der Waals surface area (Å²) in [5, 5.41) is 10.3. The zero-order valence-electron chi connectivity index (χ0n) is 9.70. The van der Waals surface area contributed by atoms with Crippen molar-refractivity contribution >= 4 is 27.2 Å². The lowest BCUT2D eigenvalue weighted by Crippen LogP contribution is -1.97. The number of hydrogen-bond donors (Lipinski definition) is 1. The van der Waals surface area contributed by atoms with Gasteiger partial charge in [0.1, 0.15) is 0 Å². The number of rotatable bonds is 2. The molecule has 0 radical (unpaired) electrons. The zero-order chi connectivity index (χ0) is 13.6. The summed E-state index contributed by atoms with van der Waals surface area (Å²) in [7, 11) is -3.28. The highest BCUT2D eigenvalue weighted by Gasteiger charge is 2.13. The van der Waals surface area contributed by atoms with Gasteiger partial charge in [-0.2, -0.15) is 5.21 Å². The second-order valence-electron chi connectivity index (χ2n) is 4.01. The van der Waals surface area contributed by atoms with Gasteiger partial charge in [-0.15, -0.1) is 0 Å². The second kappa shape index (κ2) is 4.04. The Hall–Kier alpha value is -1.93. The third-order valence-corrected chi connectivity index (χ3v) is 4.05.